The molecule has 0 bridgehead atoms. The first kappa shape index (κ1) is 25.2. The molecule has 0 amide bonds. The minimum absolute atomic E-state index is 0.175. The van der Waals surface area contributed by atoms with Gasteiger partial charge in [-0.1, -0.05) is 54.0 Å². The highest BCUT2D eigenvalue weighted by atomic mass is 79.9. The predicted molar refractivity (Wildman–Crippen MR) is 134 cm³/mol. The van der Waals surface area contributed by atoms with Crippen molar-refractivity contribution in [1.29, 1.82) is 0 Å². The third-order valence-corrected chi connectivity index (χ3v) is 7.93. The molecule has 0 aliphatic heterocycles. The largest absolute Gasteiger partial charge is 0.476 e. The van der Waals surface area contributed by atoms with E-state index in [2.05, 4.69) is 66.2 Å². The molecular formula is C24H31BrO3S2. The van der Waals surface area contributed by atoms with Gasteiger partial charge in [0.05, 0.1) is 6.10 Å². The van der Waals surface area contributed by atoms with Gasteiger partial charge in [-0.15, -0.1) is 23.5 Å². The summed E-state index contributed by atoms with van der Waals surface area (Å²) in [4.78, 5) is 12.3. The Bertz CT molecular complexity index is 811. The van der Waals surface area contributed by atoms with E-state index < -0.39 is 5.60 Å². The van der Waals surface area contributed by atoms with Gasteiger partial charge < -0.3 is 9.47 Å². The van der Waals surface area contributed by atoms with Crippen LogP contribution in [0, 0.1) is 0 Å². The van der Waals surface area contributed by atoms with E-state index in [-0.39, 0.29) is 16.2 Å². The summed E-state index contributed by atoms with van der Waals surface area (Å²) in [6, 6.07) is 16.7. The lowest BCUT2D eigenvalue weighted by atomic mass is 10.0. The number of carbonyl (C=O) groups excluding carboxylic acids is 1. The Morgan fingerprint density at radius 2 is 1.40 bits per heavy atom. The molecule has 0 unspecified atom stereocenters. The fraction of sp³-hybridized carbons (Fsp3) is 0.458. The van der Waals surface area contributed by atoms with Gasteiger partial charge in [-0.3, -0.25) is 0 Å². The molecule has 30 heavy (non-hydrogen) atoms. The highest BCUT2D eigenvalue weighted by Crippen LogP contribution is 2.52. The van der Waals surface area contributed by atoms with Gasteiger partial charge >= 0.3 is 5.97 Å². The van der Waals surface area contributed by atoms with E-state index in [9.17, 15) is 4.79 Å². The summed E-state index contributed by atoms with van der Waals surface area (Å²) >= 11 is 7.39. The van der Waals surface area contributed by atoms with Gasteiger partial charge in [-0.2, -0.15) is 0 Å². The van der Waals surface area contributed by atoms with Gasteiger partial charge in [0.25, 0.3) is 0 Å². The molecule has 0 atom stereocenters. The van der Waals surface area contributed by atoms with E-state index in [0.717, 1.165) is 16.0 Å². The summed E-state index contributed by atoms with van der Waals surface area (Å²) in [6.07, 6.45) is -0.175. The maximum Gasteiger partial charge on any atom is 0.350 e. The first-order valence-corrected chi connectivity index (χ1v) is 13.0. The van der Waals surface area contributed by atoms with E-state index in [1.165, 1.54) is 11.1 Å². The molecule has 2 aromatic carbocycles. The fourth-order valence-corrected chi connectivity index (χ4v) is 6.38. The Morgan fingerprint density at radius 3 is 1.83 bits per heavy atom. The molecular weight excluding hydrogens is 480 g/mol. The van der Waals surface area contributed by atoms with Crippen molar-refractivity contribution in [3.05, 3.63) is 64.1 Å². The van der Waals surface area contributed by atoms with Crippen LogP contribution >= 0.6 is 39.5 Å². The topological polar surface area (TPSA) is 35.5 Å². The number of benzene rings is 2. The lowest BCUT2D eigenvalue weighted by Gasteiger charge is -2.34. The van der Waals surface area contributed by atoms with Crippen molar-refractivity contribution in [2.24, 2.45) is 0 Å². The van der Waals surface area contributed by atoms with Crippen LogP contribution in [0.3, 0.4) is 0 Å². The zero-order valence-corrected chi connectivity index (χ0v) is 21.7. The normalized spacial score (nSPS) is 12.1. The molecule has 0 heterocycles. The van der Waals surface area contributed by atoms with Crippen LogP contribution < -0.4 is 4.74 Å². The molecule has 164 valence electrons. The SMILES string of the molecule is CCSC(SCC)(c1ccc(Br)cc1)c1ccc(OC(C)(C)C(=O)OC(C)C)cc1. The van der Waals surface area contributed by atoms with Gasteiger partial charge in [0.2, 0.25) is 0 Å². The van der Waals surface area contributed by atoms with Crippen molar-refractivity contribution in [1.82, 2.24) is 0 Å². The smallest absolute Gasteiger partial charge is 0.350 e. The van der Waals surface area contributed by atoms with Crippen molar-refractivity contribution in [3.8, 4) is 5.75 Å². The number of hydrogen-bond acceptors (Lipinski definition) is 5. The predicted octanol–water partition coefficient (Wildman–Crippen LogP) is 7.27. The second kappa shape index (κ2) is 11.0. The third-order valence-electron chi connectivity index (χ3n) is 4.36. The number of carbonyl (C=O) groups is 1. The molecule has 0 aliphatic rings. The second-order valence-corrected chi connectivity index (χ2v) is 11.7. The standard InChI is InChI=1S/C24H31BrO3S2/c1-7-29-24(30-8-2,18-9-13-20(25)14-10-18)19-11-15-21(16-12-19)28-23(5,6)22(26)27-17(3)4/h9-17H,7-8H2,1-6H3. The number of hydrogen-bond donors (Lipinski definition) is 0. The first-order valence-electron chi connectivity index (χ1n) is 10.2. The zero-order valence-electron chi connectivity index (χ0n) is 18.5. The molecule has 0 fully saturated rings. The summed E-state index contributed by atoms with van der Waals surface area (Å²) in [6.45, 7) is 11.5. The Morgan fingerprint density at radius 1 is 0.933 bits per heavy atom. The average Bonchev–Trinajstić information content (AvgIpc) is 2.68. The first-order chi connectivity index (χ1) is 14.1. The lowest BCUT2D eigenvalue weighted by Crippen LogP contribution is -2.40. The quantitative estimate of drug-likeness (QED) is 0.248. The fourth-order valence-electron chi connectivity index (χ4n) is 3.05. The Hall–Kier alpha value is -1.11. The number of ether oxygens (including phenoxy) is 2. The maximum atomic E-state index is 12.3. The minimum atomic E-state index is -1.05. The monoisotopic (exact) mass is 510 g/mol. The highest BCUT2D eigenvalue weighted by Gasteiger charge is 2.36. The summed E-state index contributed by atoms with van der Waals surface area (Å²) in [7, 11) is 0. The van der Waals surface area contributed by atoms with Crippen molar-refractivity contribution in [2.45, 2.75) is 57.3 Å². The van der Waals surface area contributed by atoms with Crippen LogP contribution in [0.2, 0.25) is 0 Å². The van der Waals surface area contributed by atoms with E-state index in [1.54, 1.807) is 13.8 Å². The Labute approximate surface area is 197 Å². The molecule has 0 radical (unpaired) electrons. The van der Waals surface area contributed by atoms with Gasteiger partial charge in [-0.25, -0.2) is 4.79 Å². The van der Waals surface area contributed by atoms with Crippen molar-refractivity contribution in [3.63, 3.8) is 0 Å². The summed E-state index contributed by atoms with van der Waals surface area (Å²) in [5, 5.41) is 0. The van der Waals surface area contributed by atoms with E-state index in [0.29, 0.717) is 5.75 Å². The van der Waals surface area contributed by atoms with Crippen molar-refractivity contribution < 1.29 is 14.3 Å². The van der Waals surface area contributed by atoms with Crippen molar-refractivity contribution in [2.75, 3.05) is 11.5 Å². The molecule has 2 aromatic rings. The van der Waals surface area contributed by atoms with Crippen LogP contribution in [0.25, 0.3) is 0 Å². The van der Waals surface area contributed by atoms with Crippen LogP contribution in [0.15, 0.2) is 53.0 Å². The summed E-state index contributed by atoms with van der Waals surface area (Å²) in [5.74, 6) is 2.27. The number of halogens is 1. The molecule has 0 aliphatic carbocycles. The molecule has 6 heteroatoms. The number of thioether (sulfide) groups is 2. The van der Waals surface area contributed by atoms with Crippen LogP contribution in [0.4, 0.5) is 0 Å². The Kier molecular flexibility index (Phi) is 9.19. The average molecular weight is 512 g/mol. The maximum absolute atomic E-state index is 12.3. The van der Waals surface area contributed by atoms with Gasteiger partial charge in [0.15, 0.2) is 5.60 Å². The molecule has 0 N–H and O–H groups in total. The van der Waals surface area contributed by atoms with Crippen LogP contribution in [0.1, 0.15) is 52.7 Å². The van der Waals surface area contributed by atoms with Crippen molar-refractivity contribution >= 4 is 45.4 Å². The van der Waals surface area contributed by atoms with E-state index in [4.69, 9.17) is 9.47 Å². The van der Waals surface area contributed by atoms with Gasteiger partial charge in [0.1, 0.15) is 9.83 Å². The van der Waals surface area contributed by atoms with Crippen LogP contribution in [-0.4, -0.2) is 29.2 Å². The Balaban J connectivity index is 2.35. The van der Waals surface area contributed by atoms with Gasteiger partial charge in [-0.05, 0) is 74.6 Å². The van der Waals surface area contributed by atoms with Gasteiger partial charge in [0, 0.05) is 4.47 Å². The summed E-state index contributed by atoms with van der Waals surface area (Å²) < 4.78 is 12.2. The highest BCUT2D eigenvalue weighted by molar-refractivity contribution is 9.10. The van der Waals surface area contributed by atoms with Crippen LogP contribution in [-0.2, 0) is 13.6 Å². The zero-order chi connectivity index (χ0) is 22.4. The number of esters is 1. The molecule has 3 nitrogen and oxygen atoms in total. The minimum Gasteiger partial charge on any atom is -0.476 e. The summed E-state index contributed by atoms with van der Waals surface area (Å²) in [5.41, 5.74) is 1.42. The third kappa shape index (κ3) is 6.21. The van der Waals surface area contributed by atoms with Crippen LogP contribution in [0.5, 0.6) is 5.75 Å². The van der Waals surface area contributed by atoms with E-state index >= 15 is 0 Å². The number of rotatable bonds is 10. The molecule has 0 saturated carbocycles. The second-order valence-electron chi connectivity index (χ2n) is 7.58. The molecule has 0 aromatic heterocycles. The molecule has 2 rings (SSSR count). The lowest BCUT2D eigenvalue weighted by molar-refractivity contribution is -0.163. The molecule has 0 saturated heterocycles. The van der Waals surface area contributed by atoms with E-state index in [1.807, 2.05) is 49.5 Å². The molecule has 0 spiro atoms.